The van der Waals surface area contributed by atoms with Gasteiger partial charge in [-0.3, -0.25) is 9.78 Å². The first-order valence-electron chi connectivity index (χ1n) is 8.59. The van der Waals surface area contributed by atoms with Crippen LogP contribution in [0.2, 0.25) is 0 Å². The summed E-state index contributed by atoms with van der Waals surface area (Å²) in [4.78, 5) is 15.5. The van der Waals surface area contributed by atoms with Crippen LogP contribution >= 0.6 is 0 Å². The minimum atomic E-state index is -0.529. The second-order valence-electron chi connectivity index (χ2n) is 6.26. The highest BCUT2D eigenvalue weighted by Crippen LogP contribution is 2.21. The Bertz CT molecular complexity index is 889. The van der Waals surface area contributed by atoms with Gasteiger partial charge in [-0.05, 0) is 53.8 Å². The van der Waals surface area contributed by atoms with Crippen LogP contribution in [0.5, 0.6) is 5.75 Å². The molecule has 0 saturated heterocycles. The zero-order chi connectivity index (χ0) is 18.4. The van der Waals surface area contributed by atoms with Crippen molar-refractivity contribution in [3.05, 3.63) is 83.0 Å². The minimum absolute atomic E-state index is 0.0334. The van der Waals surface area contributed by atoms with E-state index in [1.165, 1.54) is 0 Å². The van der Waals surface area contributed by atoms with Crippen LogP contribution in [-0.2, 0) is 13.5 Å². The quantitative estimate of drug-likeness (QED) is 0.712. The third-order valence-corrected chi connectivity index (χ3v) is 4.20. The Kier molecular flexibility index (Phi) is 5.81. The zero-order valence-electron chi connectivity index (χ0n) is 14.7. The number of aliphatic hydroxyl groups excluding tert-OH is 1. The molecule has 0 fully saturated rings. The highest BCUT2D eigenvalue weighted by molar-refractivity contribution is 5.63. The van der Waals surface area contributed by atoms with E-state index < -0.39 is 6.10 Å². The fourth-order valence-corrected chi connectivity index (χ4v) is 2.66. The number of aromatic nitrogens is 2. The van der Waals surface area contributed by atoms with Gasteiger partial charge in [0.25, 0.3) is 0 Å². The molecule has 3 rings (SSSR count). The van der Waals surface area contributed by atoms with E-state index >= 15 is 0 Å². The number of hydrogen-bond donors (Lipinski definition) is 1. The molecule has 1 atom stereocenters. The Labute approximate surface area is 152 Å². The van der Waals surface area contributed by atoms with E-state index in [2.05, 4.69) is 4.98 Å². The van der Waals surface area contributed by atoms with Crippen molar-refractivity contribution < 1.29 is 9.84 Å². The van der Waals surface area contributed by atoms with Crippen LogP contribution in [0.4, 0.5) is 0 Å². The summed E-state index contributed by atoms with van der Waals surface area (Å²) < 4.78 is 7.22. The maximum Gasteiger partial charge on any atom is 0.250 e. The number of nitrogens with zero attached hydrogens (tertiary/aromatic N) is 2. The lowest BCUT2D eigenvalue weighted by molar-refractivity contribution is 0.100. The molecule has 0 saturated carbocycles. The lowest BCUT2D eigenvalue weighted by Gasteiger charge is -2.13. The molecule has 134 valence electrons. The van der Waals surface area contributed by atoms with Crippen molar-refractivity contribution in [2.24, 2.45) is 7.05 Å². The van der Waals surface area contributed by atoms with Gasteiger partial charge in [-0.2, -0.15) is 0 Å². The number of pyridine rings is 2. The SMILES string of the molecule is Cn1cc(-c2ccc(OC[C@H](O)CCc3cccnc3)cc2)ccc1=O. The van der Waals surface area contributed by atoms with Crippen LogP contribution in [0.1, 0.15) is 12.0 Å². The molecule has 2 aromatic heterocycles. The van der Waals surface area contributed by atoms with Crippen LogP contribution in [0, 0.1) is 0 Å². The Morgan fingerprint density at radius 3 is 2.58 bits per heavy atom. The molecular formula is C21H22N2O3. The third-order valence-electron chi connectivity index (χ3n) is 4.20. The molecule has 0 spiro atoms. The van der Waals surface area contributed by atoms with Crippen molar-refractivity contribution in [3.8, 4) is 16.9 Å². The molecule has 2 heterocycles. The molecule has 0 aliphatic carbocycles. The molecule has 0 bridgehead atoms. The van der Waals surface area contributed by atoms with Crippen molar-refractivity contribution in [1.29, 1.82) is 0 Å². The number of benzene rings is 1. The van der Waals surface area contributed by atoms with Gasteiger partial charge in [0.05, 0.1) is 6.10 Å². The predicted octanol–water partition coefficient (Wildman–Crippen LogP) is 2.82. The predicted molar refractivity (Wildman–Crippen MR) is 101 cm³/mol. The fourth-order valence-electron chi connectivity index (χ4n) is 2.66. The third kappa shape index (κ3) is 4.80. The van der Waals surface area contributed by atoms with E-state index in [0.29, 0.717) is 12.2 Å². The van der Waals surface area contributed by atoms with Gasteiger partial charge in [-0.25, -0.2) is 0 Å². The first-order valence-corrected chi connectivity index (χ1v) is 8.59. The van der Waals surface area contributed by atoms with E-state index in [1.807, 2.05) is 42.6 Å². The minimum Gasteiger partial charge on any atom is -0.491 e. The monoisotopic (exact) mass is 350 g/mol. The van der Waals surface area contributed by atoms with Crippen molar-refractivity contribution in [3.63, 3.8) is 0 Å². The number of ether oxygens (including phenoxy) is 1. The average molecular weight is 350 g/mol. The summed E-state index contributed by atoms with van der Waals surface area (Å²) in [5, 5.41) is 10.1. The van der Waals surface area contributed by atoms with Gasteiger partial charge in [-0.1, -0.05) is 18.2 Å². The molecule has 1 aromatic carbocycles. The van der Waals surface area contributed by atoms with Crippen molar-refractivity contribution in [2.45, 2.75) is 18.9 Å². The van der Waals surface area contributed by atoms with E-state index in [1.54, 1.807) is 36.1 Å². The number of aryl methyl sites for hydroxylation is 2. The van der Waals surface area contributed by atoms with Gasteiger partial charge in [0.15, 0.2) is 0 Å². The number of aliphatic hydroxyl groups is 1. The van der Waals surface area contributed by atoms with E-state index in [9.17, 15) is 9.90 Å². The Morgan fingerprint density at radius 2 is 1.88 bits per heavy atom. The van der Waals surface area contributed by atoms with Gasteiger partial charge in [0.1, 0.15) is 12.4 Å². The largest absolute Gasteiger partial charge is 0.491 e. The van der Waals surface area contributed by atoms with Crippen LogP contribution < -0.4 is 10.3 Å². The average Bonchev–Trinajstić information content (AvgIpc) is 2.68. The van der Waals surface area contributed by atoms with E-state index in [0.717, 1.165) is 23.1 Å². The van der Waals surface area contributed by atoms with Gasteiger partial charge in [0.2, 0.25) is 5.56 Å². The highest BCUT2D eigenvalue weighted by Gasteiger charge is 2.07. The summed E-state index contributed by atoms with van der Waals surface area (Å²) in [6, 6.07) is 14.9. The van der Waals surface area contributed by atoms with Gasteiger partial charge >= 0.3 is 0 Å². The molecule has 0 radical (unpaired) electrons. The summed E-state index contributed by atoms with van der Waals surface area (Å²) >= 11 is 0. The summed E-state index contributed by atoms with van der Waals surface area (Å²) in [5.41, 5.74) is 3.04. The highest BCUT2D eigenvalue weighted by atomic mass is 16.5. The molecular weight excluding hydrogens is 328 g/mol. The zero-order valence-corrected chi connectivity index (χ0v) is 14.7. The smallest absolute Gasteiger partial charge is 0.250 e. The summed E-state index contributed by atoms with van der Waals surface area (Å²) in [7, 11) is 1.73. The van der Waals surface area contributed by atoms with Gasteiger partial charge in [-0.15, -0.1) is 0 Å². The molecule has 26 heavy (non-hydrogen) atoms. The maximum atomic E-state index is 11.5. The van der Waals surface area contributed by atoms with Crippen LogP contribution in [0.15, 0.2) is 71.9 Å². The van der Waals surface area contributed by atoms with Crippen LogP contribution in [0.25, 0.3) is 11.1 Å². The lowest BCUT2D eigenvalue weighted by Crippen LogP contribution is -2.18. The maximum absolute atomic E-state index is 11.5. The Morgan fingerprint density at radius 1 is 1.12 bits per heavy atom. The second kappa shape index (κ2) is 8.45. The lowest BCUT2D eigenvalue weighted by atomic mass is 10.1. The normalized spacial score (nSPS) is 11.9. The van der Waals surface area contributed by atoms with Gasteiger partial charge in [0, 0.05) is 31.7 Å². The topological polar surface area (TPSA) is 64.3 Å². The summed E-state index contributed by atoms with van der Waals surface area (Å²) in [6.07, 6.45) is 6.22. The van der Waals surface area contributed by atoms with Crippen molar-refractivity contribution in [2.75, 3.05) is 6.61 Å². The fraction of sp³-hybridized carbons (Fsp3) is 0.238. The van der Waals surface area contributed by atoms with Crippen LogP contribution in [-0.4, -0.2) is 27.4 Å². The molecule has 1 N–H and O–H groups in total. The molecule has 5 heteroatoms. The van der Waals surface area contributed by atoms with Crippen molar-refractivity contribution >= 4 is 0 Å². The second-order valence-corrected chi connectivity index (χ2v) is 6.26. The molecule has 0 aliphatic rings. The van der Waals surface area contributed by atoms with Crippen molar-refractivity contribution in [1.82, 2.24) is 9.55 Å². The van der Waals surface area contributed by atoms with E-state index in [4.69, 9.17) is 4.74 Å². The van der Waals surface area contributed by atoms with E-state index in [-0.39, 0.29) is 12.2 Å². The molecule has 5 nitrogen and oxygen atoms in total. The number of rotatable bonds is 7. The first-order chi connectivity index (χ1) is 12.6. The summed E-state index contributed by atoms with van der Waals surface area (Å²) in [6.45, 7) is 0.249. The Hall–Kier alpha value is -2.92. The van der Waals surface area contributed by atoms with Gasteiger partial charge < -0.3 is 14.4 Å². The van der Waals surface area contributed by atoms with Crippen LogP contribution in [0.3, 0.4) is 0 Å². The molecule has 3 aromatic rings. The Balaban J connectivity index is 1.52. The first kappa shape index (κ1) is 17.9. The molecule has 0 aliphatic heterocycles. The molecule has 0 unspecified atom stereocenters. The summed E-state index contributed by atoms with van der Waals surface area (Å²) in [5.74, 6) is 0.707. The number of hydrogen-bond acceptors (Lipinski definition) is 4. The standard InChI is InChI=1S/C21H22N2O3/c1-23-14-18(7-11-21(23)25)17-5-9-20(10-6-17)26-15-19(24)8-4-16-3-2-12-22-13-16/h2-3,5-7,9-14,19,24H,4,8,15H2,1H3/t19-/m1/s1. The molecule has 0 amide bonds.